The first-order valence-corrected chi connectivity index (χ1v) is 6.52. The molecule has 0 unspecified atom stereocenters. The largest absolute Gasteiger partial charge is 0.444 e. The van der Waals surface area contributed by atoms with Crippen molar-refractivity contribution in [2.45, 2.75) is 26.4 Å². The zero-order valence-electron chi connectivity index (χ0n) is 12.8. The number of hydrogen-bond donors (Lipinski definition) is 1. The van der Waals surface area contributed by atoms with Crippen LogP contribution in [0.5, 0.6) is 0 Å². The highest BCUT2D eigenvalue weighted by Gasteiger charge is 2.21. The molecule has 5 heteroatoms. The molecule has 0 aliphatic carbocycles. The van der Waals surface area contributed by atoms with Crippen molar-refractivity contribution in [3.05, 3.63) is 29.8 Å². The van der Waals surface area contributed by atoms with Gasteiger partial charge in [-0.3, -0.25) is 4.79 Å². The molecule has 0 aliphatic rings. The molecule has 1 rings (SSSR count). The van der Waals surface area contributed by atoms with Crippen molar-refractivity contribution in [3.8, 4) is 12.3 Å². The summed E-state index contributed by atoms with van der Waals surface area (Å²) in [4.78, 5) is 24.8. The van der Waals surface area contributed by atoms with Gasteiger partial charge in [0.15, 0.2) is 0 Å². The average molecular weight is 288 g/mol. The Balaban J connectivity index is 2.57. The number of ether oxygens (including phenoxy) is 1. The Morgan fingerprint density at radius 1 is 1.38 bits per heavy atom. The first kappa shape index (κ1) is 16.6. The number of hydrogen-bond acceptors (Lipinski definition) is 3. The Morgan fingerprint density at radius 2 is 2.05 bits per heavy atom. The lowest BCUT2D eigenvalue weighted by molar-refractivity contribution is -0.117. The summed E-state index contributed by atoms with van der Waals surface area (Å²) >= 11 is 0. The molecule has 0 bridgehead atoms. The quantitative estimate of drug-likeness (QED) is 0.869. The van der Waals surface area contributed by atoms with Gasteiger partial charge in [0, 0.05) is 18.3 Å². The van der Waals surface area contributed by atoms with Gasteiger partial charge in [0.05, 0.1) is 0 Å². The number of terminal acetylenes is 1. The van der Waals surface area contributed by atoms with Gasteiger partial charge in [0.1, 0.15) is 12.1 Å². The first-order chi connectivity index (χ1) is 9.71. The molecule has 5 nitrogen and oxygen atoms in total. The third-order valence-corrected chi connectivity index (χ3v) is 2.40. The molecular formula is C16H20N2O3. The number of rotatable bonds is 3. The second-order valence-corrected chi connectivity index (χ2v) is 5.61. The van der Waals surface area contributed by atoms with Gasteiger partial charge in [0.25, 0.3) is 0 Å². The van der Waals surface area contributed by atoms with E-state index in [-0.39, 0.29) is 12.5 Å². The third kappa shape index (κ3) is 6.00. The summed E-state index contributed by atoms with van der Waals surface area (Å²) in [6, 6.07) is 6.93. The van der Waals surface area contributed by atoms with Gasteiger partial charge in [-0.25, -0.2) is 4.79 Å². The normalized spacial score (nSPS) is 10.4. The standard InChI is InChI=1S/C16H20N2O3/c1-6-12-8-7-9-13(10-12)17-14(19)11-18(5)15(20)21-16(2,3)4/h1,7-10H,11H2,2-5H3,(H,17,19). The van der Waals surface area contributed by atoms with Gasteiger partial charge in [-0.15, -0.1) is 6.42 Å². The molecule has 0 fully saturated rings. The predicted octanol–water partition coefficient (Wildman–Crippen LogP) is 2.47. The molecular weight excluding hydrogens is 268 g/mol. The van der Waals surface area contributed by atoms with Crippen LogP contribution in [0, 0.1) is 12.3 Å². The molecule has 112 valence electrons. The number of carbonyl (C=O) groups excluding carboxylic acids is 2. The van der Waals surface area contributed by atoms with Gasteiger partial charge in [0.2, 0.25) is 5.91 Å². The SMILES string of the molecule is C#Cc1cccc(NC(=O)CN(C)C(=O)OC(C)(C)C)c1. The van der Waals surface area contributed by atoms with E-state index in [1.54, 1.807) is 45.0 Å². The van der Waals surface area contributed by atoms with Crippen molar-refractivity contribution >= 4 is 17.7 Å². The molecule has 1 aromatic rings. The van der Waals surface area contributed by atoms with Crippen molar-refractivity contribution in [3.63, 3.8) is 0 Å². The van der Waals surface area contributed by atoms with E-state index in [0.29, 0.717) is 11.3 Å². The van der Waals surface area contributed by atoms with E-state index >= 15 is 0 Å². The van der Waals surface area contributed by atoms with Crippen LogP contribution in [0.2, 0.25) is 0 Å². The highest BCUT2D eigenvalue weighted by atomic mass is 16.6. The monoisotopic (exact) mass is 288 g/mol. The van der Waals surface area contributed by atoms with Gasteiger partial charge in [-0.1, -0.05) is 12.0 Å². The summed E-state index contributed by atoms with van der Waals surface area (Å²) in [6.45, 7) is 5.20. The molecule has 21 heavy (non-hydrogen) atoms. The molecule has 0 aromatic heterocycles. The maximum absolute atomic E-state index is 11.9. The maximum atomic E-state index is 11.9. The van der Waals surface area contributed by atoms with Crippen LogP contribution in [-0.4, -0.2) is 36.1 Å². The number of likely N-dealkylation sites (N-methyl/N-ethyl adjacent to an activating group) is 1. The summed E-state index contributed by atoms with van der Waals surface area (Å²) in [6.07, 6.45) is 4.75. The van der Waals surface area contributed by atoms with Crippen LogP contribution in [0.1, 0.15) is 26.3 Å². The van der Waals surface area contributed by atoms with E-state index < -0.39 is 11.7 Å². The second kappa shape index (κ2) is 6.80. The first-order valence-electron chi connectivity index (χ1n) is 6.52. The minimum absolute atomic E-state index is 0.102. The molecule has 1 aromatic carbocycles. The Kier molecular flexibility index (Phi) is 5.37. The fraction of sp³-hybridized carbons (Fsp3) is 0.375. The van der Waals surface area contributed by atoms with Crippen LogP contribution < -0.4 is 5.32 Å². The van der Waals surface area contributed by atoms with Crippen LogP contribution in [0.25, 0.3) is 0 Å². The zero-order chi connectivity index (χ0) is 16.0. The van der Waals surface area contributed by atoms with Crippen LogP contribution in [0.3, 0.4) is 0 Å². The fourth-order valence-corrected chi connectivity index (χ4v) is 1.51. The number of carbonyl (C=O) groups is 2. The lowest BCUT2D eigenvalue weighted by atomic mass is 10.2. The maximum Gasteiger partial charge on any atom is 0.410 e. The van der Waals surface area contributed by atoms with E-state index in [0.717, 1.165) is 0 Å². The summed E-state index contributed by atoms with van der Waals surface area (Å²) in [5.41, 5.74) is 0.671. The molecule has 0 heterocycles. The lowest BCUT2D eigenvalue weighted by Crippen LogP contribution is -2.38. The molecule has 0 saturated heterocycles. The minimum Gasteiger partial charge on any atom is -0.444 e. The third-order valence-electron chi connectivity index (χ3n) is 2.40. The van der Waals surface area contributed by atoms with Crippen LogP contribution >= 0.6 is 0 Å². The number of amides is 2. The van der Waals surface area contributed by atoms with Crippen LogP contribution in [0.4, 0.5) is 10.5 Å². The van der Waals surface area contributed by atoms with Gasteiger partial charge in [-0.05, 0) is 39.0 Å². The smallest absolute Gasteiger partial charge is 0.410 e. The van der Waals surface area contributed by atoms with Crippen molar-refractivity contribution in [2.75, 3.05) is 18.9 Å². The van der Waals surface area contributed by atoms with Crippen molar-refractivity contribution in [1.82, 2.24) is 4.90 Å². The van der Waals surface area contributed by atoms with Crippen molar-refractivity contribution in [2.24, 2.45) is 0 Å². The Hall–Kier alpha value is -2.48. The average Bonchev–Trinajstić information content (AvgIpc) is 2.36. The van der Waals surface area contributed by atoms with Gasteiger partial charge < -0.3 is 15.0 Å². The highest BCUT2D eigenvalue weighted by molar-refractivity contribution is 5.93. The Bertz CT molecular complexity index is 568. The minimum atomic E-state index is -0.594. The van der Waals surface area contributed by atoms with E-state index in [9.17, 15) is 9.59 Å². The summed E-state index contributed by atoms with van der Waals surface area (Å²) in [5, 5.41) is 2.68. The van der Waals surface area contributed by atoms with Crippen molar-refractivity contribution < 1.29 is 14.3 Å². The molecule has 0 aliphatic heterocycles. The van der Waals surface area contributed by atoms with Crippen molar-refractivity contribution in [1.29, 1.82) is 0 Å². The fourth-order valence-electron chi connectivity index (χ4n) is 1.51. The van der Waals surface area contributed by atoms with E-state index in [1.807, 2.05) is 0 Å². The number of benzene rings is 1. The van der Waals surface area contributed by atoms with E-state index in [4.69, 9.17) is 11.2 Å². The molecule has 0 atom stereocenters. The summed E-state index contributed by atoms with van der Waals surface area (Å²) in [7, 11) is 1.51. The molecule has 1 N–H and O–H groups in total. The van der Waals surface area contributed by atoms with Gasteiger partial charge in [-0.2, -0.15) is 0 Å². The Labute approximate surface area is 125 Å². The topological polar surface area (TPSA) is 58.6 Å². The second-order valence-electron chi connectivity index (χ2n) is 5.61. The summed E-state index contributed by atoms with van der Waals surface area (Å²) < 4.78 is 5.17. The number of anilines is 1. The van der Waals surface area contributed by atoms with E-state index in [1.165, 1.54) is 11.9 Å². The summed E-state index contributed by atoms with van der Waals surface area (Å²) in [5.74, 6) is 2.17. The zero-order valence-corrected chi connectivity index (χ0v) is 12.8. The Morgan fingerprint density at radius 3 is 2.62 bits per heavy atom. The highest BCUT2D eigenvalue weighted by Crippen LogP contribution is 2.11. The molecule has 2 amide bonds. The predicted molar refractivity (Wildman–Crippen MR) is 81.9 cm³/mol. The number of nitrogens with zero attached hydrogens (tertiary/aromatic N) is 1. The molecule has 0 radical (unpaired) electrons. The molecule has 0 spiro atoms. The van der Waals surface area contributed by atoms with Crippen LogP contribution in [0.15, 0.2) is 24.3 Å². The van der Waals surface area contributed by atoms with Gasteiger partial charge >= 0.3 is 6.09 Å². The van der Waals surface area contributed by atoms with E-state index in [2.05, 4.69) is 11.2 Å². The molecule has 0 saturated carbocycles. The van der Waals surface area contributed by atoms with Crippen LogP contribution in [-0.2, 0) is 9.53 Å². The number of nitrogens with one attached hydrogen (secondary N) is 1. The lowest BCUT2D eigenvalue weighted by Gasteiger charge is -2.24.